The van der Waals surface area contributed by atoms with Crippen LogP contribution in [-0.2, 0) is 9.53 Å². The van der Waals surface area contributed by atoms with Crippen LogP contribution in [-0.4, -0.2) is 50.3 Å². The number of ether oxygens (including phenoxy) is 1. The fraction of sp³-hybridized carbons (Fsp3) is 0.579. The normalized spacial score (nSPS) is 14.2. The Balaban J connectivity index is 0.000000271. The maximum absolute atomic E-state index is 11.5. The van der Waals surface area contributed by atoms with Gasteiger partial charge in [-0.25, -0.2) is 0 Å². The number of aliphatic hydroxyl groups is 1. The first-order valence-electron chi connectivity index (χ1n) is 8.92. The molecule has 0 aliphatic heterocycles. The van der Waals surface area contributed by atoms with Gasteiger partial charge in [0.15, 0.2) is 0 Å². The van der Waals surface area contributed by atoms with Crippen molar-refractivity contribution in [2.24, 2.45) is 5.92 Å². The number of carbonyl (C=O) groups excluding carboxylic acids is 2. The zero-order chi connectivity index (χ0) is 18.3. The lowest BCUT2D eigenvalue weighted by Crippen LogP contribution is -2.28. The van der Waals surface area contributed by atoms with Crippen LogP contribution in [0.1, 0.15) is 42.5 Å². The van der Waals surface area contributed by atoms with Crippen LogP contribution in [0, 0.1) is 5.92 Å². The van der Waals surface area contributed by atoms with E-state index in [1.165, 1.54) is 19.3 Å². The number of hydrogen-bond donors (Lipinski definition) is 3. The number of carbonyl (C=O) groups is 2. The topological polar surface area (TPSA) is 87.7 Å². The molecular formula is C19H30N2O4. The molecule has 1 aliphatic rings. The van der Waals surface area contributed by atoms with Crippen LogP contribution in [0.15, 0.2) is 30.3 Å². The largest absolute Gasteiger partial charge is 0.394 e. The molecular weight excluding hydrogens is 320 g/mol. The Hall–Kier alpha value is -1.92. The molecule has 1 saturated carbocycles. The predicted molar refractivity (Wildman–Crippen MR) is 97.3 cm³/mol. The van der Waals surface area contributed by atoms with Crippen molar-refractivity contribution in [2.75, 3.05) is 33.4 Å². The molecule has 140 valence electrons. The zero-order valence-corrected chi connectivity index (χ0v) is 15.0. The quantitative estimate of drug-likeness (QED) is 0.654. The second-order valence-electron chi connectivity index (χ2n) is 5.91. The summed E-state index contributed by atoms with van der Waals surface area (Å²) in [6, 6.07) is 9.00. The van der Waals surface area contributed by atoms with Gasteiger partial charge < -0.3 is 20.5 Å². The van der Waals surface area contributed by atoms with Crippen molar-refractivity contribution < 1.29 is 19.4 Å². The summed E-state index contributed by atoms with van der Waals surface area (Å²) in [7, 11) is 1.72. The molecule has 2 amide bonds. The second-order valence-corrected chi connectivity index (χ2v) is 5.91. The number of benzene rings is 1. The van der Waals surface area contributed by atoms with Crippen LogP contribution in [0.3, 0.4) is 0 Å². The van der Waals surface area contributed by atoms with Crippen molar-refractivity contribution in [2.45, 2.75) is 32.1 Å². The van der Waals surface area contributed by atoms with E-state index >= 15 is 0 Å². The summed E-state index contributed by atoms with van der Waals surface area (Å²) in [5, 5.41) is 13.8. The fourth-order valence-corrected chi connectivity index (χ4v) is 2.66. The molecule has 1 aromatic carbocycles. The Morgan fingerprint density at radius 2 is 1.80 bits per heavy atom. The molecule has 1 aromatic rings. The summed E-state index contributed by atoms with van der Waals surface area (Å²) in [6.45, 7) is 1.18. The lowest BCUT2D eigenvalue weighted by atomic mass is 9.89. The molecule has 0 spiro atoms. The van der Waals surface area contributed by atoms with E-state index in [9.17, 15) is 9.59 Å². The van der Waals surface area contributed by atoms with Gasteiger partial charge in [-0.15, -0.1) is 0 Å². The average molecular weight is 350 g/mol. The Bertz CT molecular complexity index is 487. The smallest absolute Gasteiger partial charge is 0.251 e. The van der Waals surface area contributed by atoms with Crippen LogP contribution in [0.5, 0.6) is 0 Å². The van der Waals surface area contributed by atoms with Crippen LogP contribution in [0.25, 0.3) is 0 Å². The second kappa shape index (κ2) is 13.4. The lowest BCUT2D eigenvalue weighted by molar-refractivity contribution is -0.125. The van der Waals surface area contributed by atoms with Gasteiger partial charge in [-0.1, -0.05) is 37.5 Å². The van der Waals surface area contributed by atoms with Gasteiger partial charge in [0.2, 0.25) is 5.91 Å². The summed E-state index contributed by atoms with van der Waals surface area (Å²) >= 11 is 0. The maximum Gasteiger partial charge on any atom is 0.251 e. The minimum absolute atomic E-state index is 0.00658. The molecule has 6 nitrogen and oxygen atoms in total. The molecule has 1 aliphatic carbocycles. The van der Waals surface area contributed by atoms with Crippen molar-refractivity contribution in [3.05, 3.63) is 35.9 Å². The number of rotatable bonds is 7. The molecule has 0 bridgehead atoms. The van der Waals surface area contributed by atoms with Crippen LogP contribution in [0.4, 0.5) is 0 Å². The van der Waals surface area contributed by atoms with Crippen molar-refractivity contribution in [1.82, 2.24) is 10.6 Å². The van der Waals surface area contributed by atoms with E-state index in [0.717, 1.165) is 12.8 Å². The van der Waals surface area contributed by atoms with Crippen LogP contribution in [0.2, 0.25) is 0 Å². The monoisotopic (exact) mass is 350 g/mol. The first-order valence-corrected chi connectivity index (χ1v) is 8.92. The van der Waals surface area contributed by atoms with E-state index in [2.05, 4.69) is 10.6 Å². The summed E-state index contributed by atoms with van der Waals surface area (Å²) in [5.41, 5.74) is 0.639. The molecule has 0 heterocycles. The molecule has 1 fully saturated rings. The lowest BCUT2D eigenvalue weighted by Gasteiger charge is -2.19. The Morgan fingerprint density at radius 1 is 1.12 bits per heavy atom. The van der Waals surface area contributed by atoms with Gasteiger partial charge >= 0.3 is 0 Å². The van der Waals surface area contributed by atoms with E-state index in [0.29, 0.717) is 31.2 Å². The van der Waals surface area contributed by atoms with Gasteiger partial charge in [-0.3, -0.25) is 9.59 Å². The SMILES string of the molecule is CNC(=O)C1CCCCC1.O=C(NCCOCCO)c1ccccc1. The third-order valence-electron chi connectivity index (χ3n) is 4.03. The Labute approximate surface area is 150 Å². The van der Waals surface area contributed by atoms with Crippen molar-refractivity contribution >= 4 is 11.8 Å². The fourth-order valence-electron chi connectivity index (χ4n) is 2.66. The predicted octanol–water partition coefficient (Wildman–Crippen LogP) is 1.74. The average Bonchev–Trinajstić information content (AvgIpc) is 2.69. The molecule has 0 radical (unpaired) electrons. The van der Waals surface area contributed by atoms with E-state index < -0.39 is 0 Å². The molecule has 0 atom stereocenters. The molecule has 0 aromatic heterocycles. The highest BCUT2D eigenvalue weighted by molar-refractivity contribution is 5.94. The summed E-state index contributed by atoms with van der Waals surface area (Å²) in [4.78, 5) is 22.5. The van der Waals surface area contributed by atoms with Gasteiger partial charge in [0, 0.05) is 25.1 Å². The van der Waals surface area contributed by atoms with Crippen LogP contribution >= 0.6 is 0 Å². The number of hydrogen-bond acceptors (Lipinski definition) is 4. The molecule has 0 unspecified atom stereocenters. The molecule has 0 saturated heterocycles. The minimum Gasteiger partial charge on any atom is -0.394 e. The van der Waals surface area contributed by atoms with Gasteiger partial charge in [-0.05, 0) is 25.0 Å². The molecule has 25 heavy (non-hydrogen) atoms. The van der Waals surface area contributed by atoms with Gasteiger partial charge in [-0.2, -0.15) is 0 Å². The number of aliphatic hydroxyl groups excluding tert-OH is 1. The van der Waals surface area contributed by atoms with Gasteiger partial charge in [0.25, 0.3) is 5.91 Å². The van der Waals surface area contributed by atoms with E-state index in [1.807, 2.05) is 18.2 Å². The van der Waals surface area contributed by atoms with Crippen molar-refractivity contribution in [3.63, 3.8) is 0 Å². The van der Waals surface area contributed by atoms with Crippen molar-refractivity contribution in [3.8, 4) is 0 Å². The first-order chi connectivity index (χ1) is 12.2. The molecule has 3 N–H and O–H groups in total. The van der Waals surface area contributed by atoms with E-state index in [1.54, 1.807) is 19.2 Å². The molecule has 2 rings (SSSR count). The number of nitrogens with one attached hydrogen (secondary N) is 2. The van der Waals surface area contributed by atoms with E-state index in [-0.39, 0.29) is 18.4 Å². The highest BCUT2D eigenvalue weighted by Crippen LogP contribution is 2.23. The van der Waals surface area contributed by atoms with E-state index in [4.69, 9.17) is 9.84 Å². The van der Waals surface area contributed by atoms with Crippen molar-refractivity contribution in [1.29, 1.82) is 0 Å². The van der Waals surface area contributed by atoms with Gasteiger partial charge in [0.05, 0.1) is 19.8 Å². The highest BCUT2D eigenvalue weighted by Gasteiger charge is 2.19. The minimum atomic E-state index is -0.108. The summed E-state index contributed by atoms with van der Waals surface area (Å²) in [5.74, 6) is 0.446. The maximum atomic E-state index is 11.5. The van der Waals surface area contributed by atoms with Gasteiger partial charge in [0.1, 0.15) is 0 Å². The Kier molecular flexibility index (Phi) is 11.3. The highest BCUT2D eigenvalue weighted by atomic mass is 16.5. The summed E-state index contributed by atoms with van der Waals surface area (Å²) in [6.07, 6.45) is 5.98. The van der Waals surface area contributed by atoms with Crippen LogP contribution < -0.4 is 10.6 Å². The third-order valence-corrected chi connectivity index (χ3v) is 4.03. The zero-order valence-electron chi connectivity index (χ0n) is 15.0. The Morgan fingerprint density at radius 3 is 2.40 bits per heavy atom. The summed E-state index contributed by atoms with van der Waals surface area (Å²) < 4.78 is 5.00. The standard InChI is InChI=1S/C11H15NO3.C8H15NO/c13-7-9-15-8-6-12-11(14)10-4-2-1-3-5-10;1-9-8(10)7-5-3-2-4-6-7/h1-5,13H,6-9H2,(H,12,14);7H,2-6H2,1H3,(H,9,10). The third kappa shape index (κ3) is 9.22. The molecule has 6 heteroatoms. The number of amides is 2. The first kappa shape index (κ1) is 21.1.